The highest BCUT2D eigenvalue weighted by Crippen LogP contribution is 2.77. The third kappa shape index (κ3) is 4.58. The molecule has 0 aromatic heterocycles. The lowest BCUT2D eigenvalue weighted by Gasteiger charge is -2.65. The number of hydrogen-bond acceptors (Lipinski definition) is 9. The lowest BCUT2D eigenvalue weighted by molar-refractivity contribution is -0.314. The smallest absolute Gasteiger partial charge is 0.187 e. The number of hydrogen-bond donors (Lipinski definition) is 6. The van der Waals surface area contributed by atoms with Gasteiger partial charge in [0, 0.05) is 16.7 Å². The second-order valence-electron chi connectivity index (χ2n) is 16.9. The molecule has 0 radical (unpaired) electrons. The van der Waals surface area contributed by atoms with Crippen LogP contribution < -0.4 is 0 Å². The van der Waals surface area contributed by atoms with Gasteiger partial charge in [-0.05, 0) is 81.0 Å². The molecule has 2 bridgehead atoms. The molecule has 16 atom stereocenters. The van der Waals surface area contributed by atoms with E-state index in [0.717, 1.165) is 50.7 Å². The van der Waals surface area contributed by atoms with Crippen LogP contribution in [0.4, 0.5) is 0 Å². The van der Waals surface area contributed by atoms with Gasteiger partial charge >= 0.3 is 0 Å². The summed E-state index contributed by atoms with van der Waals surface area (Å²) in [4.78, 5) is 0. The van der Waals surface area contributed by atoms with E-state index in [1.165, 1.54) is 0 Å². The SMILES string of the molecule is CC(C)=C[C@H](O[C@@H]1O[C@H](CO)[C@@H](O)[C@@H](O)[C@H]1O)[C@@H](O)[C@@H](C)[C@H]1CC[C@@]2(C)[C@@H]3C=C[C@@]45OC[C@]3(CC[C@]12C)[C@@H]4CC[C@H](O)C5(C)C. The molecule has 1 spiro atoms. The Labute approximate surface area is 268 Å². The van der Waals surface area contributed by atoms with E-state index in [1.54, 1.807) is 0 Å². The second-order valence-corrected chi connectivity index (χ2v) is 16.9. The molecule has 2 saturated heterocycles. The predicted molar refractivity (Wildman–Crippen MR) is 168 cm³/mol. The van der Waals surface area contributed by atoms with E-state index in [2.05, 4.69) is 46.8 Å². The Morgan fingerprint density at radius 1 is 0.956 bits per heavy atom. The number of fused-ring (bicyclic) bond motifs is 2. The van der Waals surface area contributed by atoms with Crippen molar-refractivity contribution >= 4 is 0 Å². The zero-order valence-corrected chi connectivity index (χ0v) is 28.2. The number of rotatable bonds is 7. The van der Waals surface area contributed by atoms with E-state index in [9.17, 15) is 30.6 Å². The molecular weight excluding hydrogens is 576 g/mol. The van der Waals surface area contributed by atoms with Gasteiger partial charge in [0.05, 0.1) is 31.0 Å². The highest BCUT2D eigenvalue weighted by atomic mass is 16.7. The second kappa shape index (κ2) is 11.3. The Bertz CT molecular complexity index is 1180. The molecule has 0 unspecified atom stereocenters. The molecule has 2 aliphatic heterocycles. The molecular formula is C36H58O9. The van der Waals surface area contributed by atoms with Crippen LogP contribution in [0.15, 0.2) is 23.8 Å². The van der Waals surface area contributed by atoms with Gasteiger partial charge in [0.25, 0.3) is 0 Å². The molecule has 45 heavy (non-hydrogen) atoms. The van der Waals surface area contributed by atoms with Crippen molar-refractivity contribution in [3.8, 4) is 0 Å². The number of allylic oxidation sites excluding steroid dienone is 2. The summed E-state index contributed by atoms with van der Waals surface area (Å²) in [5.74, 6) is 0.805. The summed E-state index contributed by atoms with van der Waals surface area (Å²) in [5, 5.41) is 64.0. The summed E-state index contributed by atoms with van der Waals surface area (Å²) in [7, 11) is 0. The molecule has 6 rings (SSSR count). The van der Waals surface area contributed by atoms with Crippen molar-refractivity contribution in [1.82, 2.24) is 0 Å². The fourth-order valence-electron chi connectivity index (χ4n) is 11.5. The van der Waals surface area contributed by atoms with Crippen LogP contribution in [0.25, 0.3) is 0 Å². The summed E-state index contributed by atoms with van der Waals surface area (Å²) in [6.07, 6.45) is 3.44. The summed E-state index contributed by atoms with van der Waals surface area (Å²) in [6.45, 7) is 15.4. The van der Waals surface area contributed by atoms with Gasteiger partial charge in [-0.3, -0.25) is 0 Å². The number of ether oxygens (including phenoxy) is 3. The Morgan fingerprint density at radius 3 is 2.33 bits per heavy atom. The van der Waals surface area contributed by atoms with E-state index in [-0.39, 0.29) is 39.6 Å². The van der Waals surface area contributed by atoms with Gasteiger partial charge in [-0.2, -0.15) is 0 Å². The topological polar surface area (TPSA) is 149 Å². The molecule has 0 amide bonds. The lowest BCUT2D eigenvalue weighted by atomic mass is 9.38. The molecule has 256 valence electrons. The van der Waals surface area contributed by atoms with Crippen molar-refractivity contribution < 1.29 is 44.8 Å². The Kier molecular flexibility index (Phi) is 8.57. The van der Waals surface area contributed by atoms with Crippen LogP contribution in [0.1, 0.15) is 87.0 Å². The minimum absolute atomic E-state index is 0.00456. The molecule has 3 saturated carbocycles. The summed E-state index contributed by atoms with van der Waals surface area (Å²) in [5.41, 5.74) is 0.166. The maximum Gasteiger partial charge on any atom is 0.187 e. The van der Waals surface area contributed by atoms with Crippen LogP contribution >= 0.6 is 0 Å². The van der Waals surface area contributed by atoms with E-state index >= 15 is 0 Å². The van der Waals surface area contributed by atoms with Gasteiger partial charge in [-0.15, -0.1) is 0 Å². The third-order valence-corrected chi connectivity index (χ3v) is 14.6. The Balaban J connectivity index is 1.26. The zero-order valence-electron chi connectivity index (χ0n) is 28.2. The van der Waals surface area contributed by atoms with Crippen LogP contribution in [0.2, 0.25) is 0 Å². The van der Waals surface area contributed by atoms with Crippen LogP contribution in [0, 0.1) is 45.3 Å². The minimum Gasteiger partial charge on any atom is -0.394 e. The fourth-order valence-corrected chi connectivity index (χ4v) is 11.5. The van der Waals surface area contributed by atoms with Gasteiger partial charge in [-0.25, -0.2) is 0 Å². The molecule has 6 N–H and O–H groups in total. The van der Waals surface area contributed by atoms with E-state index < -0.39 is 55.1 Å². The maximum atomic E-state index is 12.0. The van der Waals surface area contributed by atoms with E-state index in [4.69, 9.17) is 14.2 Å². The highest BCUT2D eigenvalue weighted by molar-refractivity contribution is 5.33. The normalized spacial score (nSPS) is 51.9. The molecule has 0 aromatic rings. The first kappa shape index (κ1) is 34.0. The third-order valence-electron chi connectivity index (χ3n) is 14.6. The molecule has 6 aliphatic rings. The summed E-state index contributed by atoms with van der Waals surface area (Å²) >= 11 is 0. The van der Waals surface area contributed by atoms with Gasteiger partial charge in [0.1, 0.15) is 30.5 Å². The first-order valence-electron chi connectivity index (χ1n) is 17.3. The monoisotopic (exact) mass is 634 g/mol. The molecule has 9 nitrogen and oxygen atoms in total. The largest absolute Gasteiger partial charge is 0.394 e. The number of aliphatic hydroxyl groups is 6. The quantitative estimate of drug-likeness (QED) is 0.233. The maximum absolute atomic E-state index is 12.0. The van der Waals surface area contributed by atoms with Crippen molar-refractivity contribution in [1.29, 1.82) is 0 Å². The van der Waals surface area contributed by atoms with Crippen molar-refractivity contribution in [2.45, 2.75) is 142 Å². The molecule has 4 aliphatic carbocycles. The molecule has 5 fully saturated rings. The Hall–Kier alpha value is -0.880. The average Bonchev–Trinajstić information content (AvgIpc) is 3.39. The molecule has 2 heterocycles. The lowest BCUT2D eigenvalue weighted by Crippen LogP contribution is -2.64. The summed E-state index contributed by atoms with van der Waals surface area (Å²) < 4.78 is 18.7. The van der Waals surface area contributed by atoms with E-state index in [1.807, 2.05) is 19.9 Å². The highest BCUT2D eigenvalue weighted by Gasteiger charge is 2.75. The fraction of sp³-hybridized carbons (Fsp3) is 0.889. The first-order chi connectivity index (χ1) is 21.0. The Morgan fingerprint density at radius 2 is 1.67 bits per heavy atom. The van der Waals surface area contributed by atoms with Crippen LogP contribution in [0.5, 0.6) is 0 Å². The standard InChI is InChI=1S/C36H58O9/c1-19(2)16-22(44-31-30(42)29(41)28(40)23(17-37)45-31)27(39)20(3)21-10-12-34(7)24-11-13-36-25(8-9-26(38)32(36,4)5)35(24,18-43-36)15-14-33(21,34)6/h11,13,16,20-31,37-42H,8-10,12,14-15,17-18H2,1-7H3/t20-,21+,22-,23+,24-,25-,26-,27-,28+,29+,30+,31+,33+,34-,35-,36+/m0/s1. The van der Waals surface area contributed by atoms with Gasteiger partial charge < -0.3 is 44.8 Å². The first-order valence-corrected chi connectivity index (χ1v) is 17.3. The molecule has 0 aromatic carbocycles. The van der Waals surface area contributed by atoms with Crippen LogP contribution in [-0.4, -0.2) is 98.5 Å². The van der Waals surface area contributed by atoms with Crippen LogP contribution in [0.3, 0.4) is 0 Å². The van der Waals surface area contributed by atoms with Crippen molar-refractivity contribution in [2.24, 2.45) is 45.3 Å². The predicted octanol–water partition coefficient (Wildman–Crippen LogP) is 3.09. The van der Waals surface area contributed by atoms with Gasteiger partial charge in [0.2, 0.25) is 0 Å². The summed E-state index contributed by atoms with van der Waals surface area (Å²) in [6, 6.07) is 0. The van der Waals surface area contributed by atoms with Gasteiger partial charge in [0.15, 0.2) is 6.29 Å². The average molecular weight is 635 g/mol. The molecule has 9 heteroatoms. The van der Waals surface area contributed by atoms with Crippen molar-refractivity contribution in [2.75, 3.05) is 13.2 Å². The van der Waals surface area contributed by atoms with Crippen molar-refractivity contribution in [3.05, 3.63) is 23.8 Å². The van der Waals surface area contributed by atoms with Crippen molar-refractivity contribution in [3.63, 3.8) is 0 Å². The minimum atomic E-state index is -1.55. The zero-order chi connectivity index (χ0) is 32.9. The van der Waals surface area contributed by atoms with E-state index in [0.29, 0.717) is 11.8 Å². The number of aliphatic hydroxyl groups excluding tert-OH is 6. The van der Waals surface area contributed by atoms with Crippen LogP contribution in [-0.2, 0) is 14.2 Å². The van der Waals surface area contributed by atoms with Gasteiger partial charge in [-0.1, -0.05) is 58.4 Å².